The van der Waals surface area contributed by atoms with E-state index >= 15 is 0 Å². The molecule has 3 fully saturated rings. The monoisotopic (exact) mass is 321 g/mol. The molecule has 3 amide bonds. The number of rotatable bonds is 3. The third-order valence-electron chi connectivity index (χ3n) is 6.18. The lowest BCUT2D eigenvalue weighted by atomic mass is 9.75. The molecule has 0 aromatic rings. The maximum absolute atomic E-state index is 12.4. The van der Waals surface area contributed by atoms with Crippen LogP contribution in [0, 0.1) is 11.8 Å². The van der Waals surface area contributed by atoms with E-state index in [0.717, 1.165) is 37.8 Å². The van der Waals surface area contributed by atoms with E-state index in [-0.39, 0.29) is 24.0 Å². The first-order chi connectivity index (χ1) is 11.1. The van der Waals surface area contributed by atoms with Crippen molar-refractivity contribution in [1.29, 1.82) is 0 Å². The zero-order chi connectivity index (χ0) is 16.2. The summed E-state index contributed by atoms with van der Waals surface area (Å²) < 4.78 is 0. The number of carbonyl (C=O) groups excluding carboxylic acids is 2. The normalized spacial score (nSPS) is 30.5. The summed E-state index contributed by atoms with van der Waals surface area (Å²) in [4.78, 5) is 26.6. The van der Waals surface area contributed by atoms with Gasteiger partial charge in [0.25, 0.3) is 0 Å². The second-order valence-corrected chi connectivity index (χ2v) is 7.71. The minimum atomic E-state index is -0.318. The van der Waals surface area contributed by atoms with E-state index in [2.05, 4.69) is 15.5 Å². The van der Waals surface area contributed by atoms with Crippen LogP contribution in [0.2, 0.25) is 0 Å². The number of likely N-dealkylation sites (tertiary alicyclic amines) is 1. The molecule has 0 aromatic heterocycles. The summed E-state index contributed by atoms with van der Waals surface area (Å²) in [6, 6.07) is -0.287. The van der Waals surface area contributed by atoms with Crippen molar-refractivity contribution in [3.63, 3.8) is 0 Å². The molecular weight excluding hydrogens is 290 g/mol. The molecule has 1 heterocycles. The lowest BCUT2D eigenvalue weighted by molar-refractivity contribution is -0.126. The number of hydrogen-bond donors (Lipinski definition) is 2. The van der Waals surface area contributed by atoms with Gasteiger partial charge in [0.1, 0.15) is 0 Å². The van der Waals surface area contributed by atoms with Crippen LogP contribution in [0.25, 0.3) is 0 Å². The van der Waals surface area contributed by atoms with Crippen molar-refractivity contribution in [2.75, 3.05) is 13.1 Å². The van der Waals surface area contributed by atoms with Crippen molar-refractivity contribution in [3.05, 3.63) is 0 Å². The van der Waals surface area contributed by atoms with Crippen LogP contribution in [0.1, 0.15) is 64.7 Å². The lowest BCUT2D eigenvalue weighted by Gasteiger charge is -2.43. The van der Waals surface area contributed by atoms with Gasteiger partial charge in [-0.1, -0.05) is 32.1 Å². The average Bonchev–Trinajstić information content (AvgIpc) is 3.06. The summed E-state index contributed by atoms with van der Waals surface area (Å²) in [5.41, 5.74) is 0. The van der Waals surface area contributed by atoms with Gasteiger partial charge in [-0.15, -0.1) is 0 Å². The highest BCUT2D eigenvalue weighted by molar-refractivity contribution is 5.96. The van der Waals surface area contributed by atoms with Crippen molar-refractivity contribution in [3.8, 4) is 0 Å². The molecule has 0 unspecified atom stereocenters. The van der Waals surface area contributed by atoms with E-state index in [0.29, 0.717) is 0 Å². The van der Waals surface area contributed by atoms with Gasteiger partial charge in [0.2, 0.25) is 5.91 Å². The molecule has 1 aliphatic heterocycles. The Morgan fingerprint density at radius 3 is 2.35 bits per heavy atom. The molecule has 23 heavy (non-hydrogen) atoms. The Hall–Kier alpha value is -1.10. The predicted octanol–water partition coefficient (Wildman–Crippen LogP) is 2.66. The first-order valence-corrected chi connectivity index (χ1v) is 9.49. The maximum Gasteiger partial charge on any atom is 0.321 e. The number of fused-ring (bicyclic) bond motifs is 1. The van der Waals surface area contributed by atoms with Crippen molar-refractivity contribution < 1.29 is 9.59 Å². The van der Waals surface area contributed by atoms with Crippen LogP contribution in [0.4, 0.5) is 4.79 Å². The van der Waals surface area contributed by atoms with Crippen LogP contribution in [0.3, 0.4) is 0 Å². The highest BCUT2D eigenvalue weighted by Crippen LogP contribution is 2.36. The number of amides is 3. The third-order valence-corrected chi connectivity index (χ3v) is 6.18. The molecule has 130 valence electrons. The van der Waals surface area contributed by atoms with Crippen LogP contribution in [0.5, 0.6) is 0 Å². The minimum absolute atomic E-state index is 0.158. The SMILES string of the molecule is C[C@H](C(=O)NC(=O)NC1CCCC1)N1CC[C@H]2CCCC[C@H]2C1. The Balaban J connectivity index is 1.45. The highest BCUT2D eigenvalue weighted by Gasteiger charge is 2.34. The first-order valence-electron chi connectivity index (χ1n) is 9.49. The van der Waals surface area contributed by atoms with Crippen molar-refractivity contribution in [2.45, 2.75) is 76.8 Å². The Morgan fingerprint density at radius 2 is 1.61 bits per heavy atom. The molecular formula is C18H31N3O2. The molecule has 0 radical (unpaired) electrons. The van der Waals surface area contributed by atoms with E-state index in [1.54, 1.807) is 0 Å². The fourth-order valence-electron chi connectivity index (χ4n) is 4.65. The summed E-state index contributed by atoms with van der Waals surface area (Å²) in [6.07, 6.45) is 11.0. The summed E-state index contributed by atoms with van der Waals surface area (Å²) in [7, 11) is 0. The van der Waals surface area contributed by atoms with E-state index < -0.39 is 0 Å². The van der Waals surface area contributed by atoms with Gasteiger partial charge in [-0.25, -0.2) is 4.79 Å². The molecule has 5 heteroatoms. The number of hydrogen-bond acceptors (Lipinski definition) is 3. The van der Waals surface area contributed by atoms with Crippen LogP contribution in [-0.4, -0.2) is 42.0 Å². The van der Waals surface area contributed by atoms with Crippen molar-refractivity contribution in [2.24, 2.45) is 11.8 Å². The van der Waals surface area contributed by atoms with Crippen LogP contribution < -0.4 is 10.6 Å². The molecule has 3 aliphatic rings. The summed E-state index contributed by atoms with van der Waals surface area (Å²) in [5.74, 6) is 1.45. The van der Waals surface area contributed by atoms with Gasteiger partial charge in [0, 0.05) is 12.6 Å². The number of nitrogens with zero attached hydrogens (tertiary/aromatic N) is 1. The number of piperidine rings is 1. The Morgan fingerprint density at radius 1 is 0.957 bits per heavy atom. The molecule has 3 atom stereocenters. The van der Waals surface area contributed by atoms with Crippen LogP contribution >= 0.6 is 0 Å². The topological polar surface area (TPSA) is 61.4 Å². The quantitative estimate of drug-likeness (QED) is 0.840. The van der Waals surface area contributed by atoms with Gasteiger partial charge in [-0.3, -0.25) is 15.0 Å². The minimum Gasteiger partial charge on any atom is -0.335 e. The van der Waals surface area contributed by atoms with Gasteiger partial charge in [0.05, 0.1) is 6.04 Å². The number of nitrogens with one attached hydrogen (secondary N) is 2. The van der Waals surface area contributed by atoms with E-state index in [1.165, 1.54) is 44.9 Å². The Bertz CT molecular complexity index is 434. The van der Waals surface area contributed by atoms with Gasteiger partial charge in [-0.05, 0) is 51.0 Å². The third kappa shape index (κ3) is 4.25. The van der Waals surface area contributed by atoms with Gasteiger partial charge < -0.3 is 5.32 Å². The predicted molar refractivity (Wildman–Crippen MR) is 90.0 cm³/mol. The second kappa shape index (κ2) is 7.65. The summed E-state index contributed by atoms with van der Waals surface area (Å²) >= 11 is 0. The first kappa shape index (κ1) is 16.7. The van der Waals surface area contributed by atoms with E-state index in [1.807, 2.05) is 6.92 Å². The zero-order valence-electron chi connectivity index (χ0n) is 14.4. The molecule has 1 saturated heterocycles. The molecule has 5 nitrogen and oxygen atoms in total. The molecule has 3 rings (SSSR count). The smallest absolute Gasteiger partial charge is 0.321 e. The molecule has 2 N–H and O–H groups in total. The summed E-state index contributed by atoms with van der Waals surface area (Å²) in [6.45, 7) is 3.94. The number of urea groups is 1. The molecule has 2 saturated carbocycles. The number of imide groups is 1. The molecule has 0 spiro atoms. The van der Waals surface area contributed by atoms with Crippen LogP contribution in [0.15, 0.2) is 0 Å². The molecule has 2 aliphatic carbocycles. The largest absolute Gasteiger partial charge is 0.335 e. The van der Waals surface area contributed by atoms with Gasteiger partial charge in [-0.2, -0.15) is 0 Å². The highest BCUT2D eigenvalue weighted by atomic mass is 16.2. The van der Waals surface area contributed by atoms with Gasteiger partial charge >= 0.3 is 6.03 Å². The van der Waals surface area contributed by atoms with Gasteiger partial charge in [0.15, 0.2) is 0 Å². The molecule has 0 aromatic carbocycles. The maximum atomic E-state index is 12.4. The fraction of sp³-hybridized carbons (Fsp3) is 0.889. The second-order valence-electron chi connectivity index (χ2n) is 7.71. The van der Waals surface area contributed by atoms with Crippen LogP contribution in [-0.2, 0) is 4.79 Å². The molecule has 0 bridgehead atoms. The lowest BCUT2D eigenvalue weighted by Crippen LogP contribution is -2.54. The van der Waals surface area contributed by atoms with E-state index in [4.69, 9.17) is 0 Å². The average molecular weight is 321 g/mol. The van der Waals surface area contributed by atoms with E-state index in [9.17, 15) is 9.59 Å². The zero-order valence-corrected chi connectivity index (χ0v) is 14.4. The Kier molecular flexibility index (Phi) is 5.57. The van der Waals surface area contributed by atoms with Crippen molar-refractivity contribution >= 4 is 11.9 Å². The number of carbonyl (C=O) groups is 2. The fourth-order valence-corrected chi connectivity index (χ4v) is 4.65. The summed E-state index contributed by atoms with van der Waals surface area (Å²) in [5, 5.41) is 5.47. The Labute approximate surface area is 139 Å². The standard InChI is InChI=1S/C18H31N3O2/c1-13(17(22)20-18(23)19-16-8-4-5-9-16)21-11-10-14-6-2-3-7-15(14)12-21/h13-16H,2-12H2,1H3,(H2,19,20,22,23)/t13-,14-,15+/m1/s1. The van der Waals surface area contributed by atoms with Crippen molar-refractivity contribution in [1.82, 2.24) is 15.5 Å².